The number of likely N-dealkylation sites (tertiary alicyclic amines) is 1. The Kier molecular flexibility index (Phi) is 5.14. The van der Waals surface area contributed by atoms with Crippen molar-refractivity contribution in [2.24, 2.45) is 11.8 Å². The Morgan fingerprint density at radius 2 is 2.08 bits per heavy atom. The summed E-state index contributed by atoms with van der Waals surface area (Å²) in [6.07, 6.45) is 1.01. The van der Waals surface area contributed by atoms with Crippen molar-refractivity contribution >= 4 is 16.8 Å². The standard InChI is InChI=1S/C20H27N3O/c1-14(2)20(24)23-11-10-18(15(3)13-23)21-12-17-9-8-16-6-4-5-7-19(16)22-17/h4-9,14-15,18,21H,10-13H2,1-3H3. The van der Waals surface area contributed by atoms with Gasteiger partial charge in [0.15, 0.2) is 0 Å². The van der Waals surface area contributed by atoms with Gasteiger partial charge >= 0.3 is 0 Å². The Hall–Kier alpha value is -1.94. The summed E-state index contributed by atoms with van der Waals surface area (Å²) in [6, 6.07) is 12.9. The number of para-hydroxylation sites is 1. The van der Waals surface area contributed by atoms with Crippen LogP contribution in [0.25, 0.3) is 10.9 Å². The molecule has 1 saturated heterocycles. The lowest BCUT2D eigenvalue weighted by Crippen LogP contribution is -2.50. The first-order chi connectivity index (χ1) is 11.5. The molecule has 128 valence electrons. The molecule has 0 saturated carbocycles. The zero-order valence-corrected chi connectivity index (χ0v) is 14.8. The summed E-state index contributed by atoms with van der Waals surface area (Å²) in [4.78, 5) is 18.9. The number of nitrogens with one attached hydrogen (secondary N) is 1. The van der Waals surface area contributed by atoms with Crippen molar-refractivity contribution in [2.45, 2.75) is 39.8 Å². The second-order valence-corrected chi connectivity index (χ2v) is 7.19. The molecule has 1 aromatic heterocycles. The van der Waals surface area contributed by atoms with Gasteiger partial charge in [0.2, 0.25) is 5.91 Å². The van der Waals surface area contributed by atoms with Crippen molar-refractivity contribution < 1.29 is 4.79 Å². The number of hydrogen-bond donors (Lipinski definition) is 1. The molecule has 2 heterocycles. The molecule has 1 aliphatic rings. The molecular weight excluding hydrogens is 298 g/mol. The summed E-state index contributed by atoms with van der Waals surface area (Å²) in [5, 5.41) is 4.82. The van der Waals surface area contributed by atoms with Gasteiger partial charge in [-0.25, -0.2) is 0 Å². The maximum Gasteiger partial charge on any atom is 0.225 e. The molecule has 1 amide bonds. The van der Waals surface area contributed by atoms with Gasteiger partial charge in [0.1, 0.15) is 0 Å². The Balaban J connectivity index is 1.57. The largest absolute Gasteiger partial charge is 0.342 e. The minimum Gasteiger partial charge on any atom is -0.342 e. The molecule has 0 spiro atoms. The van der Waals surface area contributed by atoms with Gasteiger partial charge in [-0.1, -0.05) is 45.0 Å². The molecule has 24 heavy (non-hydrogen) atoms. The lowest BCUT2D eigenvalue weighted by molar-refractivity contribution is -0.136. The van der Waals surface area contributed by atoms with Crippen LogP contribution in [0.5, 0.6) is 0 Å². The predicted octanol–water partition coefficient (Wildman–Crippen LogP) is 3.22. The van der Waals surface area contributed by atoms with Crippen LogP contribution in [-0.4, -0.2) is 34.9 Å². The molecule has 0 radical (unpaired) electrons. The van der Waals surface area contributed by atoms with Gasteiger partial charge in [-0.3, -0.25) is 9.78 Å². The lowest BCUT2D eigenvalue weighted by atomic mass is 9.93. The number of amides is 1. The Labute approximate surface area is 144 Å². The molecule has 2 unspecified atom stereocenters. The molecule has 4 heteroatoms. The van der Waals surface area contributed by atoms with Crippen LogP contribution in [0.1, 0.15) is 32.9 Å². The van der Waals surface area contributed by atoms with Crippen LogP contribution < -0.4 is 5.32 Å². The second-order valence-electron chi connectivity index (χ2n) is 7.19. The van der Waals surface area contributed by atoms with Gasteiger partial charge in [-0.15, -0.1) is 0 Å². The number of carbonyl (C=O) groups is 1. The topological polar surface area (TPSA) is 45.2 Å². The maximum absolute atomic E-state index is 12.1. The van der Waals surface area contributed by atoms with E-state index in [0.29, 0.717) is 12.0 Å². The number of carbonyl (C=O) groups excluding carboxylic acids is 1. The lowest BCUT2D eigenvalue weighted by Gasteiger charge is -2.38. The minimum absolute atomic E-state index is 0.0866. The first-order valence-electron chi connectivity index (χ1n) is 8.91. The zero-order valence-electron chi connectivity index (χ0n) is 14.8. The Morgan fingerprint density at radius 3 is 2.83 bits per heavy atom. The van der Waals surface area contributed by atoms with Gasteiger partial charge in [0.05, 0.1) is 11.2 Å². The van der Waals surface area contributed by atoms with Crippen molar-refractivity contribution in [2.75, 3.05) is 13.1 Å². The van der Waals surface area contributed by atoms with E-state index in [0.717, 1.165) is 37.3 Å². The van der Waals surface area contributed by atoms with Crippen molar-refractivity contribution in [3.05, 3.63) is 42.1 Å². The summed E-state index contributed by atoms with van der Waals surface area (Å²) >= 11 is 0. The molecule has 1 N–H and O–H groups in total. The maximum atomic E-state index is 12.1. The van der Waals surface area contributed by atoms with Crippen molar-refractivity contribution in [1.82, 2.24) is 15.2 Å². The van der Waals surface area contributed by atoms with Crippen LogP contribution in [0.4, 0.5) is 0 Å². The molecule has 1 fully saturated rings. The quantitative estimate of drug-likeness (QED) is 0.939. The highest BCUT2D eigenvalue weighted by atomic mass is 16.2. The molecule has 1 aromatic carbocycles. The molecule has 3 rings (SSSR count). The number of nitrogens with zero attached hydrogens (tertiary/aromatic N) is 2. The van der Waals surface area contributed by atoms with Crippen LogP contribution in [0.15, 0.2) is 36.4 Å². The van der Waals surface area contributed by atoms with Crippen LogP contribution in [-0.2, 0) is 11.3 Å². The number of hydrogen-bond acceptors (Lipinski definition) is 3. The minimum atomic E-state index is 0.0866. The number of piperidine rings is 1. The van der Waals surface area contributed by atoms with Crippen LogP contribution in [0.2, 0.25) is 0 Å². The van der Waals surface area contributed by atoms with E-state index in [9.17, 15) is 4.79 Å². The van der Waals surface area contributed by atoms with Gasteiger partial charge in [-0.05, 0) is 24.5 Å². The van der Waals surface area contributed by atoms with Crippen LogP contribution >= 0.6 is 0 Å². The third-order valence-electron chi connectivity index (χ3n) is 4.91. The fourth-order valence-corrected chi connectivity index (χ4v) is 3.46. The average molecular weight is 325 g/mol. The number of fused-ring (bicyclic) bond motifs is 1. The summed E-state index contributed by atoms with van der Waals surface area (Å²) in [6.45, 7) is 8.65. The highest BCUT2D eigenvalue weighted by Gasteiger charge is 2.29. The molecule has 2 aromatic rings. The van der Waals surface area contributed by atoms with Crippen LogP contribution in [0, 0.1) is 11.8 Å². The number of benzene rings is 1. The monoisotopic (exact) mass is 325 g/mol. The first-order valence-corrected chi connectivity index (χ1v) is 8.91. The van der Waals surface area contributed by atoms with E-state index in [1.807, 2.05) is 30.9 Å². The van der Waals surface area contributed by atoms with Crippen molar-refractivity contribution in [3.8, 4) is 0 Å². The summed E-state index contributed by atoms with van der Waals surface area (Å²) in [7, 11) is 0. The molecule has 2 atom stereocenters. The van der Waals surface area contributed by atoms with E-state index in [2.05, 4.69) is 36.5 Å². The highest BCUT2D eigenvalue weighted by molar-refractivity contribution is 5.78. The van der Waals surface area contributed by atoms with E-state index in [-0.39, 0.29) is 11.8 Å². The van der Waals surface area contributed by atoms with E-state index in [1.54, 1.807) is 0 Å². The SMILES string of the molecule is CC(C)C(=O)N1CCC(NCc2ccc3ccccc3n2)C(C)C1. The van der Waals surface area contributed by atoms with Gasteiger partial charge in [-0.2, -0.15) is 0 Å². The number of aromatic nitrogens is 1. The van der Waals surface area contributed by atoms with E-state index >= 15 is 0 Å². The van der Waals surface area contributed by atoms with Crippen LogP contribution in [0.3, 0.4) is 0 Å². The molecule has 0 bridgehead atoms. The summed E-state index contributed by atoms with van der Waals surface area (Å²) < 4.78 is 0. The van der Waals surface area contributed by atoms with E-state index in [1.165, 1.54) is 5.39 Å². The fraction of sp³-hybridized carbons (Fsp3) is 0.500. The van der Waals surface area contributed by atoms with E-state index < -0.39 is 0 Å². The Bertz CT molecular complexity index is 713. The van der Waals surface area contributed by atoms with E-state index in [4.69, 9.17) is 4.98 Å². The van der Waals surface area contributed by atoms with Crippen molar-refractivity contribution in [1.29, 1.82) is 0 Å². The van der Waals surface area contributed by atoms with Gasteiger partial charge in [0, 0.05) is 37.0 Å². The number of pyridine rings is 1. The third-order valence-corrected chi connectivity index (χ3v) is 4.91. The third kappa shape index (κ3) is 3.75. The van der Waals surface area contributed by atoms with Gasteiger partial charge < -0.3 is 10.2 Å². The molecular formula is C20H27N3O. The molecule has 4 nitrogen and oxygen atoms in total. The van der Waals surface area contributed by atoms with Gasteiger partial charge in [0.25, 0.3) is 0 Å². The summed E-state index contributed by atoms with van der Waals surface area (Å²) in [5.41, 5.74) is 2.11. The fourth-order valence-electron chi connectivity index (χ4n) is 3.46. The summed E-state index contributed by atoms with van der Waals surface area (Å²) in [5.74, 6) is 0.821. The zero-order chi connectivity index (χ0) is 17.1. The smallest absolute Gasteiger partial charge is 0.225 e. The normalized spacial score (nSPS) is 21.4. The average Bonchev–Trinajstić information content (AvgIpc) is 2.59. The molecule has 0 aliphatic carbocycles. The predicted molar refractivity (Wildman–Crippen MR) is 97.6 cm³/mol. The van der Waals surface area contributed by atoms with Crippen molar-refractivity contribution in [3.63, 3.8) is 0 Å². The highest BCUT2D eigenvalue weighted by Crippen LogP contribution is 2.19. The second kappa shape index (κ2) is 7.31. The number of rotatable bonds is 4. The first kappa shape index (κ1) is 16.9. The molecule has 1 aliphatic heterocycles. The Morgan fingerprint density at radius 1 is 1.29 bits per heavy atom.